The van der Waals surface area contributed by atoms with Crippen LogP contribution in [0, 0.1) is 0 Å². The highest BCUT2D eigenvalue weighted by Gasteiger charge is 2.11. The third-order valence-corrected chi connectivity index (χ3v) is 4.10. The molecule has 0 fully saturated rings. The number of fused-ring (bicyclic) bond motifs is 2. The van der Waals surface area contributed by atoms with E-state index in [0.717, 1.165) is 26.6 Å². The van der Waals surface area contributed by atoms with Gasteiger partial charge in [0.25, 0.3) is 0 Å². The summed E-state index contributed by atoms with van der Waals surface area (Å²) in [6.45, 7) is 3.86. The van der Waals surface area contributed by atoms with Crippen molar-refractivity contribution in [3.8, 4) is 11.5 Å². The number of hydrogen-bond acceptors (Lipinski definition) is 7. The van der Waals surface area contributed by atoms with Crippen LogP contribution in [0.25, 0.3) is 32.9 Å². The summed E-state index contributed by atoms with van der Waals surface area (Å²) in [6, 6.07) is 9.61. The van der Waals surface area contributed by atoms with E-state index in [2.05, 4.69) is 25.5 Å². The van der Waals surface area contributed by atoms with Crippen molar-refractivity contribution in [1.82, 2.24) is 15.0 Å². The number of benzene rings is 1. The molecule has 3 aromatic heterocycles. The quantitative estimate of drug-likeness (QED) is 0.449. The Morgan fingerprint density at radius 2 is 2.13 bits per heavy atom. The fraction of sp³-hybridized carbons (Fsp3) is 0.125. The number of nitrogens with one attached hydrogen (secondary N) is 1. The van der Waals surface area contributed by atoms with E-state index in [9.17, 15) is 0 Å². The van der Waals surface area contributed by atoms with E-state index < -0.39 is 0 Å². The maximum atomic E-state index is 5.76. The van der Waals surface area contributed by atoms with E-state index in [4.69, 9.17) is 4.42 Å². The van der Waals surface area contributed by atoms with Gasteiger partial charge in [-0.15, -0.1) is 0 Å². The van der Waals surface area contributed by atoms with E-state index in [-0.39, 0.29) is 0 Å². The Hall–Kier alpha value is -2.80. The lowest BCUT2D eigenvalue weighted by molar-refractivity contribution is 0.620. The molecule has 0 aliphatic carbocycles. The zero-order valence-corrected chi connectivity index (χ0v) is 13.4. The molecule has 0 radical (unpaired) electrons. The number of rotatable bonds is 3. The highest BCUT2D eigenvalue weighted by molar-refractivity contribution is 7.22. The van der Waals surface area contributed by atoms with Gasteiger partial charge in [0.2, 0.25) is 11.0 Å². The van der Waals surface area contributed by atoms with Crippen molar-refractivity contribution in [2.75, 3.05) is 5.43 Å². The molecule has 1 aromatic carbocycles. The Bertz CT molecular complexity index is 996. The maximum Gasteiger partial charge on any atom is 0.228 e. The van der Waals surface area contributed by atoms with Crippen molar-refractivity contribution < 1.29 is 4.42 Å². The predicted octanol–water partition coefficient (Wildman–Crippen LogP) is 4.31. The second-order valence-electron chi connectivity index (χ2n) is 5.22. The monoisotopic (exact) mass is 323 g/mol. The summed E-state index contributed by atoms with van der Waals surface area (Å²) in [6.07, 6.45) is 1.70. The zero-order chi connectivity index (χ0) is 15.8. The van der Waals surface area contributed by atoms with Crippen LogP contribution in [0.15, 0.2) is 46.0 Å². The summed E-state index contributed by atoms with van der Waals surface area (Å²) >= 11 is 1.54. The van der Waals surface area contributed by atoms with Gasteiger partial charge in [-0.05, 0) is 44.2 Å². The van der Waals surface area contributed by atoms with Crippen LogP contribution in [-0.4, -0.2) is 20.7 Å². The van der Waals surface area contributed by atoms with Crippen molar-refractivity contribution >= 4 is 43.6 Å². The average molecular weight is 323 g/mol. The number of anilines is 1. The van der Waals surface area contributed by atoms with Crippen molar-refractivity contribution in [3.63, 3.8) is 0 Å². The fourth-order valence-electron chi connectivity index (χ4n) is 2.16. The fourth-order valence-corrected chi connectivity index (χ4v) is 3.01. The molecule has 0 atom stereocenters. The molecule has 0 bridgehead atoms. The Morgan fingerprint density at radius 3 is 2.96 bits per heavy atom. The lowest BCUT2D eigenvalue weighted by atomic mass is 10.2. The van der Waals surface area contributed by atoms with Gasteiger partial charge in [-0.1, -0.05) is 11.3 Å². The summed E-state index contributed by atoms with van der Waals surface area (Å²) in [5, 5.41) is 4.94. The molecule has 0 amide bonds. The molecule has 4 rings (SSSR count). The Balaban J connectivity index is 1.74. The van der Waals surface area contributed by atoms with Gasteiger partial charge in [0.05, 0.1) is 10.2 Å². The summed E-state index contributed by atoms with van der Waals surface area (Å²) in [7, 11) is 0. The van der Waals surface area contributed by atoms with Crippen LogP contribution in [0.1, 0.15) is 13.8 Å². The smallest absolute Gasteiger partial charge is 0.228 e. The van der Waals surface area contributed by atoms with E-state index in [1.165, 1.54) is 0 Å². The number of hydrogen-bond donors (Lipinski definition) is 1. The van der Waals surface area contributed by atoms with Crippen LogP contribution in [-0.2, 0) is 0 Å². The van der Waals surface area contributed by atoms with Crippen LogP contribution in [0.2, 0.25) is 0 Å². The number of pyridine rings is 1. The molecular formula is C16H13N5OS. The van der Waals surface area contributed by atoms with Gasteiger partial charge in [-0.25, -0.2) is 9.97 Å². The topological polar surface area (TPSA) is 76.2 Å². The molecule has 6 nitrogen and oxygen atoms in total. The lowest BCUT2D eigenvalue weighted by Crippen LogP contribution is -1.91. The number of aromatic nitrogens is 3. The third kappa shape index (κ3) is 2.66. The Kier molecular flexibility index (Phi) is 3.27. The first kappa shape index (κ1) is 13.8. The summed E-state index contributed by atoms with van der Waals surface area (Å²) in [4.78, 5) is 13.1. The molecule has 114 valence electrons. The van der Waals surface area contributed by atoms with Crippen molar-refractivity contribution in [2.45, 2.75) is 13.8 Å². The van der Waals surface area contributed by atoms with Crippen LogP contribution >= 0.6 is 11.3 Å². The maximum absolute atomic E-state index is 5.76. The minimum absolute atomic E-state index is 0.561. The molecule has 7 heteroatoms. The largest absolute Gasteiger partial charge is 0.434 e. The highest BCUT2D eigenvalue weighted by Crippen LogP contribution is 2.31. The number of oxazole rings is 1. The summed E-state index contributed by atoms with van der Waals surface area (Å²) < 4.78 is 6.81. The van der Waals surface area contributed by atoms with Crippen LogP contribution in [0.3, 0.4) is 0 Å². The van der Waals surface area contributed by atoms with Gasteiger partial charge < -0.3 is 4.42 Å². The molecule has 3 heterocycles. The summed E-state index contributed by atoms with van der Waals surface area (Å²) in [5.41, 5.74) is 7.02. The molecule has 23 heavy (non-hydrogen) atoms. The molecule has 0 unspecified atom stereocenters. The Labute approximate surface area is 135 Å². The van der Waals surface area contributed by atoms with Gasteiger partial charge in [0.15, 0.2) is 11.2 Å². The second-order valence-corrected chi connectivity index (χ2v) is 6.25. The predicted molar refractivity (Wildman–Crippen MR) is 92.8 cm³/mol. The molecule has 0 spiro atoms. The molecule has 0 saturated heterocycles. The number of nitrogens with zero attached hydrogens (tertiary/aromatic N) is 4. The normalized spacial score (nSPS) is 11.0. The van der Waals surface area contributed by atoms with Gasteiger partial charge in [-0.2, -0.15) is 10.1 Å². The van der Waals surface area contributed by atoms with Crippen molar-refractivity contribution in [3.05, 3.63) is 36.5 Å². The minimum Gasteiger partial charge on any atom is -0.434 e. The van der Waals surface area contributed by atoms with E-state index in [1.807, 2.05) is 44.2 Å². The zero-order valence-electron chi connectivity index (χ0n) is 12.6. The summed E-state index contributed by atoms with van der Waals surface area (Å²) in [5.74, 6) is 0.561. The standard InChI is InChI=1S/C16H13N5OS/c1-9(2)20-21-16-18-11-6-5-10(8-13(11)23-16)15-19-14-12(22-15)4-3-7-17-14/h3-8H,1-2H3,(H,18,21). The molecule has 0 aliphatic heterocycles. The second kappa shape index (κ2) is 5.44. The SMILES string of the molecule is CC(C)=NNc1nc2ccc(-c3nc4ncccc4o3)cc2s1. The molecule has 0 aliphatic rings. The molecule has 0 saturated carbocycles. The lowest BCUT2D eigenvalue weighted by Gasteiger charge is -1.94. The van der Waals surface area contributed by atoms with Gasteiger partial charge in [-0.3, -0.25) is 5.43 Å². The number of thiazole rings is 1. The van der Waals surface area contributed by atoms with Gasteiger partial charge >= 0.3 is 0 Å². The van der Waals surface area contributed by atoms with Crippen LogP contribution in [0.4, 0.5) is 5.13 Å². The minimum atomic E-state index is 0.561. The van der Waals surface area contributed by atoms with E-state index >= 15 is 0 Å². The average Bonchev–Trinajstić information content (AvgIpc) is 3.15. The van der Waals surface area contributed by atoms with E-state index in [1.54, 1.807) is 17.5 Å². The molecule has 4 aromatic rings. The molecule has 1 N–H and O–H groups in total. The Morgan fingerprint density at radius 1 is 1.22 bits per heavy atom. The van der Waals surface area contributed by atoms with Gasteiger partial charge in [0, 0.05) is 17.5 Å². The molecular weight excluding hydrogens is 310 g/mol. The van der Waals surface area contributed by atoms with Crippen molar-refractivity contribution in [1.29, 1.82) is 0 Å². The van der Waals surface area contributed by atoms with E-state index in [0.29, 0.717) is 17.1 Å². The first-order valence-corrected chi connectivity index (χ1v) is 7.90. The van der Waals surface area contributed by atoms with Gasteiger partial charge in [0.1, 0.15) is 0 Å². The van der Waals surface area contributed by atoms with Crippen LogP contribution in [0.5, 0.6) is 0 Å². The third-order valence-electron chi connectivity index (χ3n) is 3.18. The first-order valence-electron chi connectivity index (χ1n) is 7.08. The van der Waals surface area contributed by atoms with Crippen LogP contribution < -0.4 is 5.43 Å². The first-order chi connectivity index (χ1) is 11.2. The van der Waals surface area contributed by atoms with Crippen molar-refractivity contribution in [2.24, 2.45) is 5.10 Å². The highest BCUT2D eigenvalue weighted by atomic mass is 32.1. The number of hydrazone groups is 1.